The van der Waals surface area contributed by atoms with Crippen LogP contribution in [0.1, 0.15) is 37.8 Å². The van der Waals surface area contributed by atoms with Crippen LogP contribution in [0.15, 0.2) is 24.5 Å². The lowest BCUT2D eigenvalue weighted by atomic mass is 10.1. The lowest BCUT2D eigenvalue weighted by Gasteiger charge is -2.22. The van der Waals surface area contributed by atoms with Crippen LogP contribution in [0.4, 0.5) is 0 Å². The van der Waals surface area contributed by atoms with Crippen molar-refractivity contribution < 1.29 is 5.11 Å². The largest absolute Gasteiger partial charge is 0.392 e. The molecule has 1 aromatic rings. The fraction of sp³-hybridized carbons (Fsp3) is 0.583. The molecule has 1 fully saturated rings. The quantitative estimate of drug-likeness (QED) is 0.790. The number of hydrogen-bond acceptors (Lipinski definition) is 3. The third-order valence-corrected chi connectivity index (χ3v) is 3.13. The van der Waals surface area contributed by atoms with Crippen molar-refractivity contribution in [2.24, 2.45) is 0 Å². The van der Waals surface area contributed by atoms with Crippen LogP contribution >= 0.6 is 0 Å². The molecule has 0 saturated heterocycles. The predicted octanol–water partition coefficient (Wildman–Crippen LogP) is 1.65. The van der Waals surface area contributed by atoms with E-state index in [9.17, 15) is 5.11 Å². The van der Waals surface area contributed by atoms with Crippen LogP contribution in [0.5, 0.6) is 0 Å². The number of rotatable bonds is 3. The van der Waals surface area contributed by atoms with Crippen LogP contribution in [0.25, 0.3) is 0 Å². The third kappa shape index (κ3) is 2.55. The minimum Gasteiger partial charge on any atom is -0.392 e. The van der Waals surface area contributed by atoms with Crippen LogP contribution in [-0.4, -0.2) is 22.2 Å². The first-order valence-corrected chi connectivity index (χ1v) is 5.61. The topological polar surface area (TPSA) is 45.1 Å². The van der Waals surface area contributed by atoms with Crippen LogP contribution in [0, 0.1) is 0 Å². The van der Waals surface area contributed by atoms with Crippen LogP contribution < -0.4 is 5.32 Å². The van der Waals surface area contributed by atoms with Gasteiger partial charge in [-0.25, -0.2) is 0 Å². The summed E-state index contributed by atoms with van der Waals surface area (Å²) >= 11 is 0. The van der Waals surface area contributed by atoms with Gasteiger partial charge < -0.3 is 10.4 Å². The van der Waals surface area contributed by atoms with E-state index in [1.807, 2.05) is 12.3 Å². The maximum absolute atomic E-state index is 9.71. The lowest BCUT2D eigenvalue weighted by Crippen LogP contribution is -2.37. The van der Waals surface area contributed by atoms with Crippen LogP contribution in [0.2, 0.25) is 0 Å². The van der Waals surface area contributed by atoms with E-state index >= 15 is 0 Å². The highest BCUT2D eigenvalue weighted by Gasteiger charge is 2.26. The highest BCUT2D eigenvalue weighted by atomic mass is 16.3. The molecule has 1 aliphatic rings. The minimum atomic E-state index is -0.177. The first-order chi connectivity index (χ1) is 7.27. The molecule has 0 aliphatic heterocycles. The summed E-state index contributed by atoms with van der Waals surface area (Å²) in [5.41, 5.74) is 1.18. The Labute approximate surface area is 90.5 Å². The Hall–Kier alpha value is -0.930. The molecule has 0 spiro atoms. The molecule has 0 radical (unpaired) electrons. The summed E-state index contributed by atoms with van der Waals surface area (Å²) in [6, 6.07) is 4.52. The van der Waals surface area contributed by atoms with Crippen molar-refractivity contribution in [1.82, 2.24) is 10.3 Å². The molecule has 15 heavy (non-hydrogen) atoms. The molecule has 3 unspecified atom stereocenters. The number of pyridine rings is 1. The highest BCUT2D eigenvalue weighted by Crippen LogP contribution is 2.22. The zero-order valence-electron chi connectivity index (χ0n) is 9.06. The Bertz CT molecular complexity index is 302. The molecule has 0 bridgehead atoms. The minimum absolute atomic E-state index is 0.177. The van der Waals surface area contributed by atoms with E-state index < -0.39 is 0 Å². The van der Waals surface area contributed by atoms with Gasteiger partial charge in [-0.1, -0.05) is 6.07 Å². The molecule has 2 rings (SSSR count). The fourth-order valence-electron chi connectivity index (χ4n) is 2.18. The van der Waals surface area contributed by atoms with E-state index in [1.54, 1.807) is 6.20 Å². The van der Waals surface area contributed by atoms with E-state index in [-0.39, 0.29) is 18.2 Å². The standard InChI is InChI=1S/C12H18N2O/c1-9(10-4-3-7-13-8-10)14-11-5-2-6-12(11)15/h3-4,7-9,11-12,14-15H,2,5-6H2,1H3. The zero-order chi connectivity index (χ0) is 10.7. The van der Waals surface area contributed by atoms with Gasteiger partial charge in [-0.2, -0.15) is 0 Å². The second-order valence-corrected chi connectivity index (χ2v) is 4.28. The molecule has 1 aliphatic carbocycles. The smallest absolute Gasteiger partial charge is 0.0693 e. The molecule has 3 heteroatoms. The molecule has 0 aromatic carbocycles. The number of hydrogen-bond donors (Lipinski definition) is 2. The summed E-state index contributed by atoms with van der Waals surface area (Å²) < 4.78 is 0. The fourth-order valence-corrected chi connectivity index (χ4v) is 2.18. The van der Waals surface area contributed by atoms with Crippen molar-refractivity contribution in [3.63, 3.8) is 0 Å². The molecule has 1 heterocycles. The Balaban J connectivity index is 1.95. The molecule has 3 atom stereocenters. The van der Waals surface area contributed by atoms with Gasteiger partial charge in [0.15, 0.2) is 0 Å². The second-order valence-electron chi connectivity index (χ2n) is 4.28. The van der Waals surface area contributed by atoms with Gasteiger partial charge in [0.2, 0.25) is 0 Å². The number of aromatic nitrogens is 1. The number of nitrogens with zero attached hydrogens (tertiary/aromatic N) is 1. The van der Waals surface area contributed by atoms with E-state index in [0.717, 1.165) is 19.3 Å². The van der Waals surface area contributed by atoms with Gasteiger partial charge in [0.25, 0.3) is 0 Å². The summed E-state index contributed by atoms with van der Waals surface area (Å²) in [6.07, 6.45) is 6.60. The Morgan fingerprint density at radius 1 is 1.53 bits per heavy atom. The van der Waals surface area contributed by atoms with E-state index in [4.69, 9.17) is 0 Å². The van der Waals surface area contributed by atoms with Gasteiger partial charge in [0.05, 0.1) is 6.10 Å². The molecule has 1 aromatic heterocycles. The number of aliphatic hydroxyl groups excluding tert-OH is 1. The average molecular weight is 206 g/mol. The monoisotopic (exact) mass is 206 g/mol. The van der Waals surface area contributed by atoms with Crippen molar-refractivity contribution in [2.75, 3.05) is 0 Å². The first kappa shape index (κ1) is 10.6. The number of nitrogens with one attached hydrogen (secondary N) is 1. The zero-order valence-corrected chi connectivity index (χ0v) is 9.06. The summed E-state index contributed by atoms with van der Waals surface area (Å²) in [5, 5.41) is 13.2. The van der Waals surface area contributed by atoms with Gasteiger partial charge in [0, 0.05) is 24.5 Å². The average Bonchev–Trinajstić information content (AvgIpc) is 2.66. The van der Waals surface area contributed by atoms with Crippen molar-refractivity contribution in [2.45, 2.75) is 44.4 Å². The van der Waals surface area contributed by atoms with Crippen molar-refractivity contribution in [3.8, 4) is 0 Å². The summed E-state index contributed by atoms with van der Waals surface area (Å²) in [4.78, 5) is 4.10. The lowest BCUT2D eigenvalue weighted by molar-refractivity contribution is 0.144. The Morgan fingerprint density at radius 3 is 3.00 bits per heavy atom. The Kier molecular flexibility index (Phi) is 3.34. The van der Waals surface area contributed by atoms with Crippen molar-refractivity contribution >= 4 is 0 Å². The molecule has 0 amide bonds. The molecule has 3 nitrogen and oxygen atoms in total. The molecule has 82 valence electrons. The Morgan fingerprint density at radius 2 is 2.40 bits per heavy atom. The normalized spacial score (nSPS) is 27.9. The summed E-state index contributed by atoms with van der Waals surface area (Å²) in [5.74, 6) is 0. The number of aliphatic hydroxyl groups is 1. The maximum Gasteiger partial charge on any atom is 0.0693 e. The van der Waals surface area contributed by atoms with Crippen LogP contribution in [-0.2, 0) is 0 Å². The summed E-state index contributed by atoms with van der Waals surface area (Å²) in [7, 11) is 0. The van der Waals surface area contributed by atoms with Crippen molar-refractivity contribution in [1.29, 1.82) is 0 Å². The second kappa shape index (κ2) is 4.73. The van der Waals surface area contributed by atoms with Crippen LogP contribution in [0.3, 0.4) is 0 Å². The van der Waals surface area contributed by atoms with Crippen molar-refractivity contribution in [3.05, 3.63) is 30.1 Å². The van der Waals surface area contributed by atoms with Gasteiger partial charge in [-0.15, -0.1) is 0 Å². The van der Waals surface area contributed by atoms with E-state index in [0.29, 0.717) is 0 Å². The maximum atomic E-state index is 9.71. The molecular weight excluding hydrogens is 188 g/mol. The third-order valence-electron chi connectivity index (χ3n) is 3.13. The molecule has 1 saturated carbocycles. The van der Waals surface area contributed by atoms with Gasteiger partial charge >= 0.3 is 0 Å². The predicted molar refractivity (Wildman–Crippen MR) is 59.4 cm³/mol. The van der Waals surface area contributed by atoms with E-state index in [2.05, 4.69) is 23.3 Å². The highest BCUT2D eigenvalue weighted by molar-refractivity contribution is 5.13. The SMILES string of the molecule is CC(NC1CCCC1O)c1cccnc1. The first-order valence-electron chi connectivity index (χ1n) is 5.61. The molecular formula is C12H18N2O. The summed E-state index contributed by atoms with van der Waals surface area (Å²) in [6.45, 7) is 2.11. The van der Waals surface area contributed by atoms with Gasteiger partial charge in [-0.3, -0.25) is 4.98 Å². The van der Waals surface area contributed by atoms with Gasteiger partial charge in [0.1, 0.15) is 0 Å². The molecule has 2 N–H and O–H groups in total. The van der Waals surface area contributed by atoms with Gasteiger partial charge in [-0.05, 0) is 37.8 Å². The van der Waals surface area contributed by atoms with E-state index in [1.165, 1.54) is 5.56 Å².